The molecule has 1 nitrogen and oxygen atoms in total. The van der Waals surface area contributed by atoms with Crippen LogP contribution in [0.25, 0.3) is 0 Å². The maximum absolute atomic E-state index is 10.5. The minimum Gasteiger partial charge on any atom is -0.389 e. The lowest BCUT2D eigenvalue weighted by Gasteiger charge is -2.17. The lowest BCUT2D eigenvalue weighted by molar-refractivity contribution is 0.185. The molecule has 0 aliphatic carbocycles. The topological polar surface area (TPSA) is 20.2 Å². The first-order valence-corrected chi connectivity index (χ1v) is 13.3. The molecule has 182 valence electrons. The smallest absolute Gasteiger partial charge is 0.0726 e. The van der Waals surface area contributed by atoms with Crippen LogP contribution >= 0.6 is 0 Å². The van der Waals surface area contributed by atoms with Gasteiger partial charge in [0, 0.05) is 0 Å². The van der Waals surface area contributed by atoms with Gasteiger partial charge >= 0.3 is 0 Å². The van der Waals surface area contributed by atoms with Crippen molar-refractivity contribution in [2.45, 2.75) is 139 Å². The molecule has 0 aromatic rings. The van der Waals surface area contributed by atoms with Crippen LogP contribution in [0.3, 0.4) is 0 Å². The van der Waals surface area contributed by atoms with Crippen molar-refractivity contribution in [2.24, 2.45) is 17.8 Å². The summed E-state index contributed by atoms with van der Waals surface area (Å²) in [5.74, 6) is 2.34. The summed E-state index contributed by atoms with van der Waals surface area (Å²) in [7, 11) is 0. The molecule has 0 spiro atoms. The standard InChI is InChI=1S/C30H56O/c1-9-25(4)15-11-17-27(6)19-13-21-29(8)23-30(31)22-28(7)20-12-18-26(5)16-10-14-24(2)3/h14,18,22,25,27,29-31H,9-13,15-17,19-21,23H2,1-8H3/b26-18+,28-22+. The lowest BCUT2D eigenvalue weighted by Crippen LogP contribution is -2.10. The fourth-order valence-corrected chi connectivity index (χ4v) is 4.22. The van der Waals surface area contributed by atoms with Crippen molar-refractivity contribution in [3.8, 4) is 0 Å². The molecule has 0 amide bonds. The number of aliphatic hydroxyl groups is 1. The average molecular weight is 433 g/mol. The van der Waals surface area contributed by atoms with E-state index < -0.39 is 0 Å². The lowest BCUT2D eigenvalue weighted by atomic mass is 9.91. The Balaban J connectivity index is 4.02. The molecule has 0 saturated heterocycles. The molecule has 0 aliphatic rings. The maximum atomic E-state index is 10.5. The van der Waals surface area contributed by atoms with Crippen molar-refractivity contribution in [3.05, 3.63) is 34.9 Å². The second-order valence-corrected chi connectivity index (χ2v) is 10.8. The summed E-state index contributed by atoms with van der Waals surface area (Å²) in [6, 6.07) is 0. The molecule has 4 atom stereocenters. The predicted molar refractivity (Wildman–Crippen MR) is 142 cm³/mol. The quantitative estimate of drug-likeness (QED) is 0.214. The highest BCUT2D eigenvalue weighted by atomic mass is 16.3. The summed E-state index contributed by atoms with van der Waals surface area (Å²) < 4.78 is 0. The van der Waals surface area contributed by atoms with Gasteiger partial charge in [-0.15, -0.1) is 0 Å². The Kier molecular flexibility index (Phi) is 18.2. The highest BCUT2D eigenvalue weighted by Crippen LogP contribution is 2.22. The van der Waals surface area contributed by atoms with Crippen LogP contribution in [0.5, 0.6) is 0 Å². The van der Waals surface area contributed by atoms with Crippen molar-refractivity contribution >= 4 is 0 Å². The third kappa shape index (κ3) is 19.6. The fourth-order valence-electron chi connectivity index (χ4n) is 4.22. The monoisotopic (exact) mass is 432 g/mol. The maximum Gasteiger partial charge on any atom is 0.0726 e. The zero-order chi connectivity index (χ0) is 23.6. The van der Waals surface area contributed by atoms with Crippen molar-refractivity contribution in [3.63, 3.8) is 0 Å². The van der Waals surface area contributed by atoms with Gasteiger partial charge in [0.1, 0.15) is 0 Å². The van der Waals surface area contributed by atoms with Gasteiger partial charge in [0.2, 0.25) is 0 Å². The molecule has 0 aromatic carbocycles. The van der Waals surface area contributed by atoms with E-state index in [1.807, 2.05) is 0 Å². The van der Waals surface area contributed by atoms with Crippen LogP contribution < -0.4 is 0 Å². The second kappa shape index (κ2) is 18.7. The molecule has 0 aliphatic heterocycles. The van der Waals surface area contributed by atoms with Crippen molar-refractivity contribution in [1.29, 1.82) is 0 Å². The normalized spacial score (nSPS) is 16.7. The molecule has 4 unspecified atom stereocenters. The Hall–Kier alpha value is -0.820. The third-order valence-corrected chi connectivity index (χ3v) is 6.73. The van der Waals surface area contributed by atoms with E-state index in [9.17, 15) is 5.11 Å². The van der Waals surface area contributed by atoms with Crippen LogP contribution in [-0.4, -0.2) is 11.2 Å². The Morgan fingerprint density at radius 2 is 1.23 bits per heavy atom. The Labute approximate surface area is 196 Å². The molecule has 0 saturated carbocycles. The Morgan fingerprint density at radius 3 is 1.81 bits per heavy atom. The second-order valence-electron chi connectivity index (χ2n) is 10.8. The van der Waals surface area contributed by atoms with E-state index in [2.05, 4.69) is 73.6 Å². The van der Waals surface area contributed by atoms with Gasteiger partial charge in [-0.3, -0.25) is 0 Å². The SMILES string of the molecule is CCC(C)CCCC(C)CCCC(C)CC(O)/C=C(\C)CC/C=C(\C)CCC=C(C)C. The molecule has 1 N–H and O–H groups in total. The van der Waals surface area contributed by atoms with Crippen LogP contribution in [0.1, 0.15) is 132 Å². The molecular formula is C30H56O. The highest BCUT2D eigenvalue weighted by molar-refractivity contribution is 5.06. The molecule has 0 bridgehead atoms. The highest BCUT2D eigenvalue weighted by Gasteiger charge is 2.10. The third-order valence-electron chi connectivity index (χ3n) is 6.73. The van der Waals surface area contributed by atoms with Gasteiger partial charge in [-0.05, 0) is 77.6 Å². The Bertz CT molecular complexity index is 521. The van der Waals surface area contributed by atoms with E-state index in [0.717, 1.165) is 43.9 Å². The molecule has 0 fully saturated rings. The number of hydrogen-bond donors (Lipinski definition) is 1. The van der Waals surface area contributed by atoms with E-state index in [0.29, 0.717) is 5.92 Å². The summed E-state index contributed by atoms with van der Waals surface area (Å²) in [5, 5.41) is 10.5. The fraction of sp³-hybridized carbons (Fsp3) is 0.800. The van der Waals surface area contributed by atoms with Crippen molar-refractivity contribution in [1.82, 2.24) is 0 Å². The average Bonchev–Trinajstić information content (AvgIpc) is 2.67. The first-order chi connectivity index (χ1) is 14.6. The van der Waals surface area contributed by atoms with E-state index >= 15 is 0 Å². The largest absolute Gasteiger partial charge is 0.389 e. The van der Waals surface area contributed by atoms with Crippen LogP contribution in [0, 0.1) is 17.8 Å². The summed E-state index contributed by atoms with van der Waals surface area (Å²) >= 11 is 0. The minimum atomic E-state index is -0.286. The van der Waals surface area contributed by atoms with Gasteiger partial charge in [0.15, 0.2) is 0 Å². The van der Waals surface area contributed by atoms with E-state index in [1.165, 1.54) is 61.7 Å². The van der Waals surface area contributed by atoms with Gasteiger partial charge < -0.3 is 5.11 Å². The summed E-state index contributed by atoms with van der Waals surface area (Å²) in [6.45, 7) is 18.1. The van der Waals surface area contributed by atoms with Gasteiger partial charge in [-0.25, -0.2) is 0 Å². The van der Waals surface area contributed by atoms with Gasteiger partial charge in [-0.2, -0.15) is 0 Å². The van der Waals surface area contributed by atoms with Gasteiger partial charge in [0.25, 0.3) is 0 Å². The molecule has 1 heteroatoms. The van der Waals surface area contributed by atoms with Gasteiger partial charge in [-0.1, -0.05) is 108 Å². The van der Waals surface area contributed by atoms with Crippen LogP contribution in [0.4, 0.5) is 0 Å². The van der Waals surface area contributed by atoms with E-state index in [4.69, 9.17) is 0 Å². The number of aliphatic hydroxyl groups excluding tert-OH is 1. The van der Waals surface area contributed by atoms with Gasteiger partial charge in [0.05, 0.1) is 6.10 Å². The Morgan fingerprint density at radius 1 is 0.710 bits per heavy atom. The van der Waals surface area contributed by atoms with Crippen molar-refractivity contribution in [2.75, 3.05) is 0 Å². The molecule has 0 radical (unpaired) electrons. The zero-order valence-electron chi connectivity index (χ0n) is 22.5. The predicted octanol–water partition coefficient (Wildman–Crippen LogP) is 9.82. The zero-order valence-corrected chi connectivity index (χ0v) is 22.5. The molecular weight excluding hydrogens is 376 g/mol. The summed E-state index contributed by atoms with van der Waals surface area (Å²) in [6.07, 6.45) is 21.2. The molecule has 0 rings (SSSR count). The minimum absolute atomic E-state index is 0.286. The van der Waals surface area contributed by atoms with Crippen molar-refractivity contribution < 1.29 is 5.11 Å². The van der Waals surface area contributed by atoms with E-state index in [-0.39, 0.29) is 6.10 Å². The van der Waals surface area contributed by atoms with Crippen LogP contribution in [0.15, 0.2) is 34.9 Å². The number of allylic oxidation sites excluding steroid dienone is 5. The summed E-state index contributed by atoms with van der Waals surface area (Å²) in [5.41, 5.74) is 4.21. The summed E-state index contributed by atoms with van der Waals surface area (Å²) in [4.78, 5) is 0. The van der Waals surface area contributed by atoms with Crippen LogP contribution in [0.2, 0.25) is 0 Å². The molecule has 0 aromatic heterocycles. The van der Waals surface area contributed by atoms with E-state index in [1.54, 1.807) is 0 Å². The number of hydrogen-bond acceptors (Lipinski definition) is 1. The first-order valence-electron chi connectivity index (χ1n) is 13.3. The first kappa shape index (κ1) is 30.2. The van der Waals surface area contributed by atoms with Crippen LogP contribution in [-0.2, 0) is 0 Å². The number of rotatable bonds is 18. The molecule has 0 heterocycles. The molecule has 31 heavy (non-hydrogen) atoms.